The van der Waals surface area contributed by atoms with Crippen molar-refractivity contribution in [3.8, 4) is 0 Å². The van der Waals surface area contributed by atoms with Gasteiger partial charge in [-0.3, -0.25) is 18.6 Å². The number of halogens is 1. The lowest BCUT2D eigenvalue weighted by Crippen LogP contribution is -2.24. The van der Waals surface area contributed by atoms with Gasteiger partial charge in [0.05, 0.1) is 44.0 Å². The fourth-order valence-corrected chi connectivity index (χ4v) is 17.5. The Morgan fingerprint density at radius 3 is 1.39 bits per heavy atom. The predicted molar refractivity (Wildman–Crippen MR) is 411 cm³/mol. The van der Waals surface area contributed by atoms with Crippen LogP contribution >= 0.6 is 45.6 Å². The summed E-state index contributed by atoms with van der Waals surface area (Å²) in [5.74, 6) is 2.62. The lowest BCUT2D eigenvalue weighted by Gasteiger charge is -2.15. The second-order valence-corrected chi connectivity index (χ2v) is 31.5. The first-order chi connectivity index (χ1) is 50.2. The number of para-hydroxylation sites is 3. The second-order valence-electron chi connectivity index (χ2n) is 27.2. The number of hydrogen-bond donors (Lipinski definition) is 8. The molecule has 15 rings (SSSR count). The smallest absolute Gasteiger partial charge is 0.333 e. The van der Waals surface area contributed by atoms with Gasteiger partial charge in [-0.2, -0.15) is 8.42 Å². The minimum absolute atomic E-state index is 0.0624. The highest BCUT2D eigenvalue weighted by atomic mass is 35.5. The maximum Gasteiger partial charge on any atom is 0.333 e. The van der Waals surface area contributed by atoms with Gasteiger partial charge in [-0.05, 0) is 169 Å². The number of aromatic amines is 1. The number of nitrogens with zero attached hydrogens (tertiary/aromatic N) is 8. The molecule has 27 heteroatoms. The maximum absolute atomic E-state index is 13.4. The number of H-pyrrole nitrogens is 1. The van der Waals surface area contributed by atoms with E-state index in [9.17, 15) is 38.1 Å². The van der Waals surface area contributed by atoms with Gasteiger partial charge in [-0.1, -0.05) is 68.4 Å². The average Bonchev–Trinajstić information content (AvgIpc) is 1.64. The van der Waals surface area contributed by atoms with Crippen LogP contribution in [-0.4, -0.2) is 129 Å². The number of hydrogen-bond acceptors (Lipinski definition) is 21. The monoisotopic (exact) mass is 1500 g/mol. The summed E-state index contributed by atoms with van der Waals surface area (Å²) >= 11 is 10.0. The molecule has 9 N–H and O–H groups in total. The molecular formula is C77H84ClN13O9S4. The number of fused-ring (bicyclic) bond motifs is 3. The van der Waals surface area contributed by atoms with Gasteiger partial charge in [0.25, 0.3) is 0 Å². The molecule has 0 spiro atoms. The summed E-state index contributed by atoms with van der Waals surface area (Å²) in [5.41, 5.74) is 11.7. The fraction of sp³-hybridized carbons (Fsp3) is 0.338. The van der Waals surface area contributed by atoms with Gasteiger partial charge in [-0.25, -0.2) is 35.0 Å². The molecule has 3 fully saturated rings. The molecule has 9 atom stereocenters. The summed E-state index contributed by atoms with van der Waals surface area (Å²) in [6, 6.07) is 30.8. The minimum Gasteiger partial charge on any atom is -0.396 e. The van der Waals surface area contributed by atoms with Crippen LogP contribution in [0.5, 0.6) is 0 Å². The Labute approximate surface area is 620 Å². The Kier molecular flexibility index (Phi) is 24.4. The van der Waals surface area contributed by atoms with E-state index >= 15 is 0 Å². The molecule has 542 valence electrons. The molecule has 0 bridgehead atoms. The number of nitrogens with one attached hydrogen (secondary N) is 4. The first kappa shape index (κ1) is 74.8. The largest absolute Gasteiger partial charge is 0.396 e. The summed E-state index contributed by atoms with van der Waals surface area (Å²) in [6.07, 6.45) is 18.9. The van der Waals surface area contributed by atoms with Crippen LogP contribution in [0.4, 0.5) is 17.5 Å². The van der Waals surface area contributed by atoms with Crippen LogP contribution in [0.25, 0.3) is 32.7 Å². The molecule has 0 aliphatic heterocycles. The number of rotatable bonds is 22. The lowest BCUT2D eigenvalue weighted by atomic mass is 10.00. The SMILES string of the molecule is C[C@H]1C[C@H](Nc2ncncc2C(=O)c2cc(CCl)cs2)C[C@@H]1CO.Cc1c[nH]c2ccccc12.Cc1cn(Cc2csc(C(=O)c3cncnc3N[C@@H]3C[C@H](CO)[C@@H](C)C3)c2)c2ccccc12.Cc1cn(Cc2csc(C(=O)c3cncnc3N[C@@H]3C[C@H](COS(N)(=O)=O)[C@@H](O)C3)c2)c2ccccc12. The molecule has 0 radical (unpaired) electrons. The summed E-state index contributed by atoms with van der Waals surface area (Å²) in [4.78, 5) is 69.7. The molecule has 0 amide bonds. The van der Waals surface area contributed by atoms with Crippen LogP contribution < -0.4 is 21.1 Å². The van der Waals surface area contributed by atoms with E-state index in [4.69, 9.17) is 16.7 Å². The number of benzene rings is 3. The van der Waals surface area contributed by atoms with Crippen molar-refractivity contribution in [2.24, 2.45) is 34.7 Å². The van der Waals surface area contributed by atoms with Crippen LogP contribution in [0.1, 0.15) is 131 Å². The topological polar surface area (TPSA) is 320 Å². The number of nitrogens with two attached hydrogens (primary N) is 1. The number of aliphatic hydroxyl groups excluding tert-OH is 3. The van der Waals surface area contributed by atoms with E-state index in [0.717, 1.165) is 54.4 Å². The number of carbonyl (C=O) groups excluding carboxylic acids is 3. The fourth-order valence-electron chi connectivity index (χ4n) is 14.3. The average molecular weight is 1500 g/mol. The van der Waals surface area contributed by atoms with Gasteiger partial charge in [0, 0.05) is 126 Å². The van der Waals surface area contributed by atoms with E-state index in [2.05, 4.69) is 171 Å². The molecule has 9 heterocycles. The van der Waals surface area contributed by atoms with Gasteiger partial charge in [0.2, 0.25) is 17.3 Å². The molecule has 3 aliphatic carbocycles. The van der Waals surface area contributed by atoms with Crippen molar-refractivity contribution in [3.63, 3.8) is 0 Å². The highest BCUT2D eigenvalue weighted by Crippen LogP contribution is 2.37. The number of aryl methyl sites for hydroxylation is 3. The van der Waals surface area contributed by atoms with Crippen molar-refractivity contribution in [3.05, 3.63) is 228 Å². The van der Waals surface area contributed by atoms with Crippen molar-refractivity contribution in [2.75, 3.05) is 35.8 Å². The van der Waals surface area contributed by atoms with Crippen LogP contribution in [0.15, 0.2) is 163 Å². The van der Waals surface area contributed by atoms with Gasteiger partial charge < -0.3 is 45.4 Å². The summed E-state index contributed by atoms with van der Waals surface area (Å²) < 4.78 is 31.2. The zero-order chi connectivity index (χ0) is 73.2. The summed E-state index contributed by atoms with van der Waals surface area (Å²) in [7, 11) is -4.09. The standard InChI is InChI=1S/C26H28N4O2S.C25H27N5O5S2.C17H20ClN3O2S.C9H9N/c1-16-7-20(9-19(16)13-31)29-26-22(10-27-15-28-26)25(32)24-8-18(14-33-24)12-30-11-17(2)21-5-3-4-6-23(21)30;1-15-10-30(21-5-3-2-4-19(15)21)11-16-6-23(36-13-16)24(32)20-9-27-14-28-25(20)29-18-7-17(22(31)8-18)12-35-37(26,33)34;1-10-2-13(4-12(10)7-22)21-17-14(6-19-9-20-17)16(23)15-3-11(5-18)8-24-15;1-7-6-10-9-5-3-2-4-8(7)9/h3-6,8,10-11,14-16,19-20,31H,7,9,12-13H2,1-2H3,(H,27,28,29);2-6,9-10,13-14,17-18,22,31H,7-8,11-12H2,1H3,(H2,26,33,34)(H,27,28,29);3,6,8-10,12-13,22H,2,4-5,7H2,1H3,(H,19,20,21);2-6,10H,1H3/t16-,19+,20-;17-,18-,22+;10-,12+,13-;/m010./s1. The van der Waals surface area contributed by atoms with Crippen LogP contribution in [0.2, 0.25) is 0 Å². The molecule has 0 saturated heterocycles. The van der Waals surface area contributed by atoms with Gasteiger partial charge in [0.1, 0.15) is 36.4 Å². The zero-order valence-electron chi connectivity index (χ0n) is 58.2. The van der Waals surface area contributed by atoms with Crippen molar-refractivity contribution < 1.29 is 42.3 Å². The normalized spacial score (nSPS) is 20.0. The maximum atomic E-state index is 13.4. The molecule has 3 aromatic carbocycles. The number of aliphatic hydroxyl groups is 3. The van der Waals surface area contributed by atoms with E-state index in [1.807, 2.05) is 53.4 Å². The molecule has 0 unspecified atom stereocenters. The highest BCUT2D eigenvalue weighted by molar-refractivity contribution is 7.84. The third kappa shape index (κ3) is 18.0. The molecule has 22 nitrogen and oxygen atoms in total. The summed E-state index contributed by atoms with van der Waals surface area (Å²) in [6.45, 7) is 12.2. The van der Waals surface area contributed by atoms with Crippen molar-refractivity contribution >= 4 is 123 Å². The molecule has 9 aromatic heterocycles. The predicted octanol–water partition coefficient (Wildman–Crippen LogP) is 13.6. The first-order valence-electron chi connectivity index (χ1n) is 34.5. The number of carbonyl (C=O) groups is 3. The van der Waals surface area contributed by atoms with Gasteiger partial charge in [-0.15, -0.1) is 45.6 Å². The number of anilines is 3. The van der Waals surface area contributed by atoms with Crippen molar-refractivity contribution in [1.29, 1.82) is 0 Å². The molecule has 3 saturated carbocycles. The van der Waals surface area contributed by atoms with Crippen molar-refractivity contribution in [1.82, 2.24) is 44.0 Å². The van der Waals surface area contributed by atoms with E-state index in [1.54, 1.807) is 12.4 Å². The van der Waals surface area contributed by atoms with E-state index in [0.29, 0.717) is 91.8 Å². The Balaban J connectivity index is 0.000000139. The first-order valence-corrected chi connectivity index (χ1v) is 39.2. The Hall–Kier alpha value is -8.93. The minimum atomic E-state index is -4.09. The van der Waals surface area contributed by atoms with E-state index in [-0.39, 0.29) is 61.2 Å². The Morgan fingerprint density at radius 1 is 0.577 bits per heavy atom. The number of ketones is 3. The Morgan fingerprint density at radius 2 is 0.981 bits per heavy atom. The van der Waals surface area contributed by atoms with Gasteiger partial charge in [0.15, 0.2) is 0 Å². The van der Waals surface area contributed by atoms with E-state index < -0.39 is 22.3 Å². The third-order valence-corrected chi connectivity index (χ3v) is 23.5. The highest BCUT2D eigenvalue weighted by Gasteiger charge is 2.36. The quantitative estimate of drug-likeness (QED) is 0.0231. The van der Waals surface area contributed by atoms with Crippen LogP contribution in [0.3, 0.4) is 0 Å². The lowest BCUT2D eigenvalue weighted by molar-refractivity contribution is 0.100. The van der Waals surface area contributed by atoms with Crippen LogP contribution in [-0.2, 0) is 33.5 Å². The number of thiophene rings is 3. The Bertz CT molecular complexity index is 5090. The van der Waals surface area contributed by atoms with E-state index in [1.165, 1.54) is 103 Å². The molecular weight excluding hydrogens is 1410 g/mol. The number of alkyl halides is 1. The molecule has 12 aromatic rings. The third-order valence-electron chi connectivity index (χ3n) is 19.8. The van der Waals surface area contributed by atoms with Crippen molar-refractivity contribution in [2.45, 2.75) is 116 Å². The number of aromatic nitrogens is 9. The van der Waals surface area contributed by atoms with Crippen LogP contribution in [0, 0.1) is 50.4 Å². The summed E-state index contributed by atoms with van der Waals surface area (Å²) in [5, 5.41) is 54.0. The molecule has 104 heavy (non-hydrogen) atoms. The second kappa shape index (κ2) is 33.9. The zero-order valence-corrected chi connectivity index (χ0v) is 62.2. The molecule has 3 aliphatic rings. The van der Waals surface area contributed by atoms with Gasteiger partial charge >= 0.3 is 10.3 Å².